The van der Waals surface area contributed by atoms with Crippen molar-refractivity contribution in [1.29, 1.82) is 0 Å². The van der Waals surface area contributed by atoms with Gasteiger partial charge >= 0.3 is 0 Å². The number of aryl methyl sites for hydroxylation is 1. The summed E-state index contributed by atoms with van der Waals surface area (Å²) in [5, 5.41) is 5.54. The van der Waals surface area contributed by atoms with Crippen LogP contribution in [0.25, 0.3) is 21.7 Å². The van der Waals surface area contributed by atoms with Crippen molar-refractivity contribution in [2.45, 2.75) is 19.9 Å². The van der Waals surface area contributed by atoms with E-state index in [1.165, 1.54) is 4.88 Å². The second-order valence-corrected chi connectivity index (χ2v) is 7.93. The molecule has 0 saturated carbocycles. The van der Waals surface area contributed by atoms with E-state index in [0.29, 0.717) is 22.4 Å². The van der Waals surface area contributed by atoms with E-state index < -0.39 is 0 Å². The molecule has 0 aliphatic heterocycles. The number of thiophene rings is 1. The highest BCUT2D eigenvalue weighted by Gasteiger charge is 2.13. The van der Waals surface area contributed by atoms with Gasteiger partial charge in [0.05, 0.1) is 15.4 Å². The molecule has 0 unspecified atom stereocenters. The third kappa shape index (κ3) is 3.90. The van der Waals surface area contributed by atoms with Crippen molar-refractivity contribution in [2.75, 3.05) is 5.32 Å². The summed E-state index contributed by atoms with van der Waals surface area (Å²) in [6.45, 7) is 2.72. The van der Waals surface area contributed by atoms with E-state index in [1.54, 1.807) is 23.6 Å². The van der Waals surface area contributed by atoms with Gasteiger partial charge in [0.1, 0.15) is 16.3 Å². The minimum absolute atomic E-state index is 0.543. The Hall–Kier alpha value is -2.21. The van der Waals surface area contributed by atoms with Crippen molar-refractivity contribution < 1.29 is 0 Å². The Bertz CT molecular complexity index is 1100. The van der Waals surface area contributed by atoms with Crippen LogP contribution in [0.5, 0.6) is 0 Å². The number of hydrogen-bond acceptors (Lipinski definition) is 5. The molecule has 0 aliphatic rings. The summed E-state index contributed by atoms with van der Waals surface area (Å²) in [7, 11) is 0. The van der Waals surface area contributed by atoms with Gasteiger partial charge < -0.3 is 5.32 Å². The molecule has 3 heterocycles. The molecule has 3 aromatic heterocycles. The molecule has 0 atom stereocenters. The summed E-state index contributed by atoms with van der Waals surface area (Å²) in [6, 6.07) is 13.5. The van der Waals surface area contributed by atoms with Crippen LogP contribution in [0.3, 0.4) is 0 Å². The fraction of sp³-hybridized carbons (Fsp3) is 0.150. The highest BCUT2D eigenvalue weighted by atomic mass is 35.5. The number of benzene rings is 1. The normalized spacial score (nSPS) is 11.1. The molecule has 0 aliphatic carbocycles. The van der Waals surface area contributed by atoms with E-state index in [0.717, 1.165) is 33.7 Å². The van der Waals surface area contributed by atoms with E-state index in [2.05, 4.69) is 23.3 Å². The monoisotopic (exact) mass is 414 g/mol. The van der Waals surface area contributed by atoms with Gasteiger partial charge in [-0.15, -0.1) is 11.3 Å². The minimum Gasteiger partial charge on any atom is -0.365 e. The van der Waals surface area contributed by atoms with Gasteiger partial charge in [0.15, 0.2) is 5.82 Å². The average molecular weight is 415 g/mol. The van der Waals surface area contributed by atoms with E-state index in [4.69, 9.17) is 33.2 Å². The summed E-state index contributed by atoms with van der Waals surface area (Å²) in [6.07, 6.45) is 2.71. The van der Waals surface area contributed by atoms with Crippen molar-refractivity contribution in [3.05, 3.63) is 69.1 Å². The Morgan fingerprint density at radius 3 is 2.67 bits per heavy atom. The lowest BCUT2D eigenvalue weighted by Crippen LogP contribution is -2.04. The number of halogens is 2. The maximum absolute atomic E-state index is 6.13. The van der Waals surface area contributed by atoms with Gasteiger partial charge in [-0.1, -0.05) is 42.3 Å². The zero-order valence-electron chi connectivity index (χ0n) is 14.5. The lowest BCUT2D eigenvalue weighted by Gasteiger charge is -2.09. The summed E-state index contributed by atoms with van der Waals surface area (Å²) < 4.78 is 0. The van der Waals surface area contributed by atoms with Gasteiger partial charge in [-0.05, 0) is 42.3 Å². The number of aromatic nitrogens is 3. The first-order valence-corrected chi connectivity index (χ1v) is 10.1. The topological polar surface area (TPSA) is 50.7 Å². The fourth-order valence-corrected chi connectivity index (χ4v) is 4.01. The number of hydrogen-bond donors (Lipinski definition) is 1. The molecule has 27 heavy (non-hydrogen) atoms. The molecular formula is C20H16Cl2N4S. The standard InChI is InChI=1S/C20H16Cl2N4S/c1-2-13-10-14-18(24-11-12-6-7-15(21)16(22)9-12)25-19(26-20(14)27-13)17-5-3-4-8-23-17/h3-10H,2,11H2,1H3,(H,24,25,26). The van der Waals surface area contributed by atoms with Gasteiger partial charge in [-0.25, -0.2) is 9.97 Å². The van der Waals surface area contributed by atoms with Crippen molar-refractivity contribution in [3.8, 4) is 11.5 Å². The number of rotatable bonds is 5. The first-order chi connectivity index (χ1) is 13.1. The van der Waals surface area contributed by atoms with Gasteiger partial charge in [0.2, 0.25) is 0 Å². The van der Waals surface area contributed by atoms with Gasteiger partial charge in [-0.3, -0.25) is 4.98 Å². The van der Waals surface area contributed by atoms with Crippen LogP contribution in [0.1, 0.15) is 17.4 Å². The Balaban J connectivity index is 1.73. The summed E-state index contributed by atoms with van der Waals surface area (Å²) >= 11 is 13.8. The quantitative estimate of drug-likeness (QED) is 0.420. The maximum Gasteiger partial charge on any atom is 0.181 e. The lowest BCUT2D eigenvalue weighted by atomic mass is 10.2. The molecule has 0 saturated heterocycles. The molecule has 4 rings (SSSR count). The Morgan fingerprint density at radius 1 is 1.04 bits per heavy atom. The van der Waals surface area contributed by atoms with Crippen LogP contribution in [-0.2, 0) is 13.0 Å². The Labute approximate surface area is 171 Å². The van der Waals surface area contributed by atoms with Gasteiger partial charge in [0.25, 0.3) is 0 Å². The van der Waals surface area contributed by atoms with Crippen molar-refractivity contribution in [1.82, 2.24) is 15.0 Å². The summed E-state index contributed by atoms with van der Waals surface area (Å²) in [5.74, 6) is 1.41. The molecule has 1 N–H and O–H groups in total. The van der Waals surface area contributed by atoms with Crippen LogP contribution in [0.15, 0.2) is 48.7 Å². The first kappa shape index (κ1) is 18.2. The van der Waals surface area contributed by atoms with Crippen molar-refractivity contribution in [3.63, 3.8) is 0 Å². The second-order valence-electron chi connectivity index (χ2n) is 6.00. The minimum atomic E-state index is 0.543. The molecule has 0 radical (unpaired) electrons. The number of nitrogens with zero attached hydrogens (tertiary/aromatic N) is 3. The largest absolute Gasteiger partial charge is 0.365 e. The number of nitrogens with one attached hydrogen (secondary N) is 1. The van der Waals surface area contributed by atoms with Crippen LogP contribution in [0.2, 0.25) is 10.0 Å². The molecule has 0 fully saturated rings. The zero-order valence-corrected chi connectivity index (χ0v) is 16.9. The molecule has 7 heteroatoms. The van der Waals surface area contributed by atoms with E-state index in [1.807, 2.05) is 30.3 Å². The van der Waals surface area contributed by atoms with Crippen LogP contribution < -0.4 is 5.32 Å². The molecular weight excluding hydrogens is 399 g/mol. The SMILES string of the molecule is CCc1cc2c(NCc3ccc(Cl)c(Cl)c3)nc(-c3ccccn3)nc2s1. The zero-order chi connectivity index (χ0) is 18.8. The Morgan fingerprint density at radius 2 is 1.93 bits per heavy atom. The molecule has 0 amide bonds. The fourth-order valence-electron chi connectivity index (χ4n) is 2.73. The van der Waals surface area contributed by atoms with E-state index in [-0.39, 0.29) is 0 Å². The van der Waals surface area contributed by atoms with E-state index in [9.17, 15) is 0 Å². The average Bonchev–Trinajstić information content (AvgIpc) is 3.12. The molecule has 0 spiro atoms. The van der Waals surface area contributed by atoms with Crippen LogP contribution >= 0.6 is 34.5 Å². The molecule has 136 valence electrons. The van der Waals surface area contributed by atoms with Crippen molar-refractivity contribution >= 4 is 50.6 Å². The molecule has 4 aromatic rings. The second kappa shape index (κ2) is 7.80. The molecule has 1 aromatic carbocycles. The lowest BCUT2D eigenvalue weighted by molar-refractivity contribution is 1.10. The summed E-state index contributed by atoms with van der Waals surface area (Å²) in [4.78, 5) is 16.1. The molecule has 4 nitrogen and oxygen atoms in total. The number of anilines is 1. The first-order valence-electron chi connectivity index (χ1n) is 8.53. The Kier molecular flexibility index (Phi) is 5.25. The highest BCUT2D eigenvalue weighted by molar-refractivity contribution is 7.18. The number of fused-ring (bicyclic) bond motifs is 1. The summed E-state index contributed by atoms with van der Waals surface area (Å²) in [5.41, 5.74) is 1.78. The van der Waals surface area contributed by atoms with E-state index >= 15 is 0 Å². The molecule has 0 bridgehead atoms. The smallest absolute Gasteiger partial charge is 0.181 e. The highest BCUT2D eigenvalue weighted by Crippen LogP contribution is 2.32. The van der Waals surface area contributed by atoms with Gasteiger partial charge in [-0.2, -0.15) is 0 Å². The van der Waals surface area contributed by atoms with Crippen molar-refractivity contribution in [2.24, 2.45) is 0 Å². The van der Waals surface area contributed by atoms with Crippen LogP contribution in [0.4, 0.5) is 5.82 Å². The number of pyridine rings is 1. The van der Waals surface area contributed by atoms with Gasteiger partial charge in [0, 0.05) is 17.6 Å². The third-order valence-corrected chi connectivity index (χ3v) is 6.04. The van der Waals surface area contributed by atoms with Crippen LogP contribution in [0, 0.1) is 0 Å². The maximum atomic E-state index is 6.13. The predicted octanol–water partition coefficient (Wildman–Crippen LogP) is 6.23. The van der Waals surface area contributed by atoms with Crippen LogP contribution in [-0.4, -0.2) is 15.0 Å². The third-order valence-electron chi connectivity index (χ3n) is 4.13. The predicted molar refractivity (Wildman–Crippen MR) is 114 cm³/mol.